The van der Waals surface area contributed by atoms with Gasteiger partial charge in [0.25, 0.3) is 0 Å². The zero-order valence-electron chi connectivity index (χ0n) is 14.7. The fourth-order valence-corrected chi connectivity index (χ4v) is 3.70. The van der Waals surface area contributed by atoms with Crippen molar-refractivity contribution in [1.29, 1.82) is 0 Å². The van der Waals surface area contributed by atoms with Crippen LogP contribution < -0.4 is 10.1 Å². The van der Waals surface area contributed by atoms with E-state index in [-0.39, 0.29) is 6.03 Å². The Balaban J connectivity index is 1.34. The SMILES string of the molecule is O=C(Nc1cccc(OCc2cccnc2)c1)N1C[C@@H]2CC=CC[C@H]2C1. The van der Waals surface area contributed by atoms with Gasteiger partial charge in [-0.1, -0.05) is 24.3 Å². The van der Waals surface area contributed by atoms with Crippen LogP contribution in [0, 0.1) is 11.8 Å². The molecule has 1 aromatic heterocycles. The van der Waals surface area contributed by atoms with Crippen molar-refractivity contribution in [3.8, 4) is 5.75 Å². The van der Waals surface area contributed by atoms with E-state index in [9.17, 15) is 4.79 Å². The number of ether oxygens (including phenoxy) is 1. The number of nitrogens with zero attached hydrogens (tertiary/aromatic N) is 2. The van der Waals surface area contributed by atoms with Gasteiger partial charge >= 0.3 is 6.03 Å². The highest BCUT2D eigenvalue weighted by Crippen LogP contribution is 2.33. The van der Waals surface area contributed by atoms with Crippen molar-refractivity contribution >= 4 is 11.7 Å². The van der Waals surface area contributed by atoms with Crippen LogP contribution in [0.1, 0.15) is 18.4 Å². The summed E-state index contributed by atoms with van der Waals surface area (Å²) in [7, 11) is 0. The molecule has 1 aromatic carbocycles. The van der Waals surface area contributed by atoms with Crippen LogP contribution in [-0.2, 0) is 6.61 Å². The van der Waals surface area contributed by atoms with Crippen molar-refractivity contribution in [2.24, 2.45) is 11.8 Å². The zero-order chi connectivity index (χ0) is 17.8. The van der Waals surface area contributed by atoms with E-state index < -0.39 is 0 Å². The first-order chi connectivity index (χ1) is 12.8. The van der Waals surface area contributed by atoms with Gasteiger partial charge in [-0.25, -0.2) is 4.79 Å². The van der Waals surface area contributed by atoms with Crippen LogP contribution in [-0.4, -0.2) is 29.0 Å². The summed E-state index contributed by atoms with van der Waals surface area (Å²) in [4.78, 5) is 18.6. The minimum Gasteiger partial charge on any atom is -0.489 e. The average Bonchev–Trinajstić information content (AvgIpc) is 3.12. The highest BCUT2D eigenvalue weighted by atomic mass is 16.5. The second kappa shape index (κ2) is 7.60. The van der Waals surface area contributed by atoms with E-state index in [2.05, 4.69) is 22.5 Å². The minimum absolute atomic E-state index is 0.0243. The molecular weight excluding hydrogens is 326 g/mol. The molecule has 4 rings (SSSR count). The predicted molar refractivity (Wildman–Crippen MR) is 101 cm³/mol. The summed E-state index contributed by atoms with van der Waals surface area (Å²) in [5.74, 6) is 1.95. The molecule has 2 heterocycles. The fourth-order valence-electron chi connectivity index (χ4n) is 3.70. The number of carbonyl (C=O) groups is 1. The Labute approximate surface area is 153 Å². The lowest BCUT2D eigenvalue weighted by Gasteiger charge is -2.17. The molecule has 2 aromatic rings. The van der Waals surface area contributed by atoms with Gasteiger partial charge in [-0.15, -0.1) is 0 Å². The zero-order valence-corrected chi connectivity index (χ0v) is 14.7. The molecule has 0 radical (unpaired) electrons. The second-order valence-electron chi connectivity index (χ2n) is 6.98. The molecule has 2 atom stereocenters. The number of allylic oxidation sites excluding steroid dienone is 2. The van der Waals surface area contributed by atoms with Crippen molar-refractivity contribution in [2.45, 2.75) is 19.4 Å². The normalized spacial score (nSPS) is 21.3. The number of urea groups is 1. The number of anilines is 1. The molecule has 2 amide bonds. The molecule has 0 spiro atoms. The molecule has 1 saturated heterocycles. The Morgan fingerprint density at radius 1 is 1.15 bits per heavy atom. The number of fused-ring (bicyclic) bond motifs is 1. The van der Waals surface area contributed by atoms with Crippen molar-refractivity contribution in [3.05, 3.63) is 66.5 Å². The number of rotatable bonds is 4. The van der Waals surface area contributed by atoms with Gasteiger partial charge in [-0.2, -0.15) is 0 Å². The van der Waals surface area contributed by atoms with Crippen LogP contribution in [0.4, 0.5) is 10.5 Å². The lowest BCUT2D eigenvalue weighted by Crippen LogP contribution is -2.33. The molecule has 26 heavy (non-hydrogen) atoms. The smallest absolute Gasteiger partial charge is 0.321 e. The van der Waals surface area contributed by atoms with Gasteiger partial charge in [0.2, 0.25) is 0 Å². The number of amides is 2. The third-order valence-electron chi connectivity index (χ3n) is 5.12. The minimum atomic E-state index is -0.0243. The topological polar surface area (TPSA) is 54.5 Å². The van der Waals surface area contributed by atoms with E-state index in [0.717, 1.165) is 42.9 Å². The molecule has 0 saturated carbocycles. The maximum Gasteiger partial charge on any atom is 0.321 e. The molecule has 1 aliphatic carbocycles. The number of likely N-dealkylation sites (tertiary alicyclic amines) is 1. The summed E-state index contributed by atoms with van der Waals surface area (Å²) in [5.41, 5.74) is 1.77. The van der Waals surface area contributed by atoms with Crippen molar-refractivity contribution in [3.63, 3.8) is 0 Å². The first kappa shape index (κ1) is 16.6. The Morgan fingerprint density at radius 2 is 1.96 bits per heavy atom. The molecule has 1 N–H and O–H groups in total. The van der Waals surface area contributed by atoms with Crippen molar-refractivity contribution in [2.75, 3.05) is 18.4 Å². The van der Waals surface area contributed by atoms with Crippen LogP contribution in [0.3, 0.4) is 0 Å². The monoisotopic (exact) mass is 349 g/mol. The van der Waals surface area contributed by atoms with E-state index in [1.165, 1.54) is 0 Å². The van der Waals surface area contributed by atoms with Gasteiger partial charge in [0, 0.05) is 42.8 Å². The molecule has 5 nitrogen and oxygen atoms in total. The quantitative estimate of drug-likeness (QED) is 0.846. The van der Waals surface area contributed by atoms with Gasteiger partial charge in [0.05, 0.1) is 0 Å². The molecule has 0 bridgehead atoms. The number of hydrogen-bond acceptors (Lipinski definition) is 3. The lowest BCUT2D eigenvalue weighted by molar-refractivity contribution is 0.220. The van der Waals surface area contributed by atoms with Crippen LogP contribution >= 0.6 is 0 Å². The standard InChI is InChI=1S/C21H23N3O2/c25-21(24-13-17-6-1-2-7-18(17)14-24)23-19-8-3-9-20(11-19)26-15-16-5-4-10-22-12-16/h1-5,8-12,17-18H,6-7,13-15H2,(H,23,25)/t17-,18-/m0/s1. The number of hydrogen-bond donors (Lipinski definition) is 1. The van der Waals surface area contributed by atoms with Crippen molar-refractivity contribution < 1.29 is 9.53 Å². The first-order valence-corrected chi connectivity index (χ1v) is 9.10. The lowest BCUT2D eigenvalue weighted by atomic mass is 9.86. The Bertz CT molecular complexity index is 775. The predicted octanol–water partition coefficient (Wildman–Crippen LogP) is 4.09. The number of aromatic nitrogens is 1. The van der Waals surface area contributed by atoms with Gasteiger partial charge in [-0.3, -0.25) is 4.98 Å². The van der Waals surface area contributed by atoms with Gasteiger partial charge in [-0.05, 0) is 42.9 Å². The van der Waals surface area contributed by atoms with Crippen molar-refractivity contribution in [1.82, 2.24) is 9.88 Å². The Kier molecular flexibility index (Phi) is 4.86. The van der Waals surface area contributed by atoms with E-state index in [0.29, 0.717) is 18.4 Å². The van der Waals surface area contributed by atoms with E-state index in [1.54, 1.807) is 12.4 Å². The van der Waals surface area contributed by atoms with E-state index >= 15 is 0 Å². The maximum atomic E-state index is 12.6. The van der Waals surface area contributed by atoms with Gasteiger partial charge < -0.3 is 15.0 Å². The Morgan fingerprint density at radius 3 is 2.69 bits per heavy atom. The van der Waals surface area contributed by atoms with Crippen LogP contribution in [0.15, 0.2) is 60.9 Å². The summed E-state index contributed by atoms with van der Waals surface area (Å²) < 4.78 is 5.80. The first-order valence-electron chi connectivity index (χ1n) is 9.10. The molecular formula is C21H23N3O2. The van der Waals surface area contributed by atoms with E-state index in [1.807, 2.05) is 41.3 Å². The van der Waals surface area contributed by atoms with E-state index in [4.69, 9.17) is 4.74 Å². The molecule has 134 valence electrons. The molecule has 1 aliphatic heterocycles. The third-order valence-corrected chi connectivity index (χ3v) is 5.12. The summed E-state index contributed by atoms with van der Waals surface area (Å²) in [6.07, 6.45) is 10.2. The number of nitrogens with one attached hydrogen (secondary N) is 1. The highest BCUT2D eigenvalue weighted by Gasteiger charge is 2.35. The summed E-state index contributed by atoms with van der Waals surface area (Å²) in [5, 5.41) is 3.01. The molecule has 1 fully saturated rings. The maximum absolute atomic E-state index is 12.6. The Hall–Kier alpha value is -2.82. The van der Waals surface area contributed by atoms with Crippen LogP contribution in [0.2, 0.25) is 0 Å². The summed E-state index contributed by atoms with van der Waals surface area (Å²) >= 11 is 0. The van der Waals surface area contributed by atoms with Gasteiger partial charge in [0.15, 0.2) is 0 Å². The van der Waals surface area contributed by atoms with Crippen LogP contribution in [0.25, 0.3) is 0 Å². The largest absolute Gasteiger partial charge is 0.489 e. The summed E-state index contributed by atoms with van der Waals surface area (Å²) in [6.45, 7) is 2.14. The fraction of sp³-hybridized carbons (Fsp3) is 0.333. The number of carbonyl (C=O) groups excluding carboxylic acids is 1. The summed E-state index contributed by atoms with van der Waals surface area (Å²) in [6, 6.07) is 11.4. The van der Waals surface area contributed by atoms with Crippen LogP contribution in [0.5, 0.6) is 5.75 Å². The second-order valence-corrected chi connectivity index (χ2v) is 6.98. The molecule has 5 heteroatoms. The number of benzene rings is 1. The third kappa shape index (κ3) is 3.87. The highest BCUT2D eigenvalue weighted by molar-refractivity contribution is 5.89. The van der Waals surface area contributed by atoms with Gasteiger partial charge in [0.1, 0.15) is 12.4 Å². The average molecular weight is 349 g/mol. The molecule has 2 aliphatic rings. The molecule has 0 unspecified atom stereocenters. The number of pyridine rings is 1.